The van der Waals surface area contributed by atoms with Crippen LogP contribution in [0, 0.1) is 5.92 Å². The van der Waals surface area contributed by atoms with Gasteiger partial charge in [-0.25, -0.2) is 9.67 Å². The zero-order valence-electron chi connectivity index (χ0n) is 26.6. The van der Waals surface area contributed by atoms with Gasteiger partial charge in [-0.2, -0.15) is 0 Å². The molecule has 4 N–H and O–H groups in total. The van der Waals surface area contributed by atoms with Crippen LogP contribution >= 0.6 is 0 Å². The van der Waals surface area contributed by atoms with Crippen LogP contribution < -0.4 is 11.1 Å². The molecule has 5 rings (SSSR count). The standard InChI is InChI=1S/C32H39N9O6/c1-18(27(42)28(33)43)37-30(45)25-15-21(41-26(16-36-39-41)32(2,3)47)17-40(25)31(46)24(13-19-7-5-4-6-8-19)38-29(44)20-9-10-22-23(14-20)35-12-11-34-22/h9-12,14,16,18-19,21,25,47H,4-8,13,15,17H2,1-3H3,(H2,33,43)(H,37,45)/b38-24+/t18?,21-,25-/m0/s1. The van der Waals surface area contributed by atoms with E-state index in [1.165, 1.54) is 28.9 Å². The van der Waals surface area contributed by atoms with Gasteiger partial charge in [-0.05, 0) is 51.3 Å². The van der Waals surface area contributed by atoms with Crippen molar-refractivity contribution in [3.05, 3.63) is 48.0 Å². The monoisotopic (exact) mass is 645 g/mol. The van der Waals surface area contributed by atoms with Gasteiger partial charge in [-0.1, -0.05) is 37.3 Å². The van der Waals surface area contributed by atoms with Crippen LogP contribution in [0.2, 0.25) is 0 Å². The number of nitrogens with zero attached hydrogens (tertiary/aromatic N) is 7. The van der Waals surface area contributed by atoms with Crippen molar-refractivity contribution in [2.75, 3.05) is 6.54 Å². The fourth-order valence-electron chi connectivity index (χ4n) is 6.30. The maximum Gasteiger partial charge on any atom is 0.287 e. The average molecular weight is 646 g/mol. The molecule has 15 heteroatoms. The molecule has 1 aliphatic carbocycles. The van der Waals surface area contributed by atoms with Gasteiger partial charge >= 0.3 is 0 Å². The number of aliphatic hydroxyl groups is 1. The van der Waals surface area contributed by atoms with Gasteiger partial charge in [0.05, 0.1) is 35.0 Å². The van der Waals surface area contributed by atoms with E-state index in [0.29, 0.717) is 16.7 Å². The fraction of sp³-hybridized carbons (Fsp3) is 0.500. The lowest BCUT2D eigenvalue weighted by molar-refractivity contribution is -0.139. The molecule has 2 aromatic heterocycles. The summed E-state index contributed by atoms with van der Waals surface area (Å²) >= 11 is 0. The van der Waals surface area contributed by atoms with Gasteiger partial charge in [0.2, 0.25) is 11.7 Å². The minimum atomic E-state index is -1.33. The molecule has 2 fully saturated rings. The minimum Gasteiger partial charge on any atom is -0.384 e. The summed E-state index contributed by atoms with van der Waals surface area (Å²) in [4.78, 5) is 79.5. The van der Waals surface area contributed by atoms with Crippen LogP contribution in [0.3, 0.4) is 0 Å². The van der Waals surface area contributed by atoms with Gasteiger partial charge in [-0.15, -0.1) is 5.10 Å². The molecule has 3 aromatic rings. The Morgan fingerprint density at radius 3 is 2.47 bits per heavy atom. The molecule has 0 radical (unpaired) electrons. The van der Waals surface area contributed by atoms with Gasteiger partial charge in [0.1, 0.15) is 17.4 Å². The normalized spacial score (nSPS) is 19.8. The third-order valence-electron chi connectivity index (χ3n) is 8.79. The highest BCUT2D eigenvalue weighted by atomic mass is 16.3. The maximum atomic E-state index is 14.4. The van der Waals surface area contributed by atoms with Crippen LogP contribution in [-0.2, 0) is 24.8 Å². The number of fused-ring (bicyclic) bond motifs is 1. The van der Waals surface area contributed by atoms with Crippen LogP contribution in [0.15, 0.2) is 41.8 Å². The van der Waals surface area contributed by atoms with Crippen molar-refractivity contribution >= 4 is 46.2 Å². The molecule has 3 heterocycles. The number of Topliss-reactive ketones (excluding diaryl/α,β-unsaturated/α-hetero) is 1. The largest absolute Gasteiger partial charge is 0.384 e. The van der Waals surface area contributed by atoms with Crippen molar-refractivity contribution in [3.8, 4) is 0 Å². The van der Waals surface area contributed by atoms with Crippen LogP contribution in [0.5, 0.6) is 0 Å². The molecular formula is C32H39N9O6. The van der Waals surface area contributed by atoms with E-state index in [-0.39, 0.29) is 36.6 Å². The summed E-state index contributed by atoms with van der Waals surface area (Å²) in [6.07, 6.45) is 9.60. The maximum absolute atomic E-state index is 14.4. The minimum absolute atomic E-state index is 0.0159. The molecule has 1 saturated carbocycles. The number of primary amides is 1. The van der Waals surface area contributed by atoms with E-state index in [1.807, 2.05) is 0 Å². The summed E-state index contributed by atoms with van der Waals surface area (Å²) in [5.74, 6) is -3.99. The highest BCUT2D eigenvalue weighted by Gasteiger charge is 2.44. The summed E-state index contributed by atoms with van der Waals surface area (Å²) in [6, 6.07) is 1.85. The molecule has 2 aliphatic rings. The second kappa shape index (κ2) is 13.8. The van der Waals surface area contributed by atoms with Crippen molar-refractivity contribution in [3.63, 3.8) is 0 Å². The molecule has 15 nitrogen and oxygen atoms in total. The van der Waals surface area contributed by atoms with Crippen molar-refractivity contribution in [2.24, 2.45) is 16.6 Å². The first-order valence-corrected chi connectivity index (χ1v) is 15.7. The first kappa shape index (κ1) is 33.4. The van der Waals surface area contributed by atoms with E-state index in [2.05, 4.69) is 30.6 Å². The van der Waals surface area contributed by atoms with E-state index < -0.39 is 53.1 Å². The topological polar surface area (TPSA) is 216 Å². The number of benzene rings is 1. The molecule has 1 saturated heterocycles. The zero-order chi connectivity index (χ0) is 33.9. The van der Waals surface area contributed by atoms with Crippen molar-refractivity contribution in [2.45, 2.75) is 89.4 Å². The molecular weight excluding hydrogens is 606 g/mol. The van der Waals surface area contributed by atoms with Gasteiger partial charge in [0.25, 0.3) is 17.7 Å². The lowest BCUT2D eigenvalue weighted by atomic mass is 9.85. The van der Waals surface area contributed by atoms with Gasteiger partial charge < -0.3 is 21.1 Å². The van der Waals surface area contributed by atoms with E-state index in [9.17, 15) is 29.1 Å². The zero-order valence-corrected chi connectivity index (χ0v) is 26.6. The predicted octanol–water partition coefficient (Wildman–Crippen LogP) is 1.40. The number of aliphatic imine (C=N–C) groups is 1. The molecule has 47 heavy (non-hydrogen) atoms. The van der Waals surface area contributed by atoms with E-state index >= 15 is 0 Å². The Kier molecular flexibility index (Phi) is 9.84. The highest BCUT2D eigenvalue weighted by Crippen LogP contribution is 2.33. The number of carbonyl (C=O) groups excluding carboxylic acids is 5. The summed E-state index contributed by atoms with van der Waals surface area (Å²) in [5, 5.41) is 21.3. The molecule has 248 valence electrons. The molecule has 1 aliphatic heterocycles. The molecule has 1 aromatic carbocycles. The molecule has 0 spiro atoms. The highest BCUT2D eigenvalue weighted by molar-refractivity contribution is 6.41. The Labute approximate surface area is 271 Å². The first-order valence-electron chi connectivity index (χ1n) is 15.7. The lowest BCUT2D eigenvalue weighted by Gasteiger charge is -2.27. The third-order valence-corrected chi connectivity index (χ3v) is 8.79. The van der Waals surface area contributed by atoms with Crippen LogP contribution in [-0.4, -0.2) is 88.7 Å². The van der Waals surface area contributed by atoms with Gasteiger partial charge in [-0.3, -0.25) is 33.9 Å². The number of aromatic nitrogens is 5. The van der Waals surface area contributed by atoms with E-state index in [4.69, 9.17) is 5.73 Å². The molecule has 4 amide bonds. The molecule has 3 atom stereocenters. The van der Waals surface area contributed by atoms with Gasteiger partial charge in [0, 0.05) is 30.9 Å². The Balaban J connectivity index is 1.50. The number of likely N-dealkylation sites (tertiary alicyclic amines) is 1. The summed E-state index contributed by atoms with van der Waals surface area (Å²) in [6.45, 7) is 4.45. The van der Waals surface area contributed by atoms with Gasteiger partial charge in [0.15, 0.2) is 0 Å². The Bertz CT molecular complexity index is 1720. The Morgan fingerprint density at radius 1 is 1.09 bits per heavy atom. The smallest absolute Gasteiger partial charge is 0.287 e. The van der Waals surface area contributed by atoms with E-state index in [1.54, 1.807) is 38.2 Å². The average Bonchev–Trinajstić information content (AvgIpc) is 3.72. The lowest BCUT2D eigenvalue weighted by Crippen LogP contribution is -2.52. The predicted molar refractivity (Wildman–Crippen MR) is 169 cm³/mol. The van der Waals surface area contributed by atoms with Crippen LogP contribution in [0.25, 0.3) is 11.0 Å². The summed E-state index contributed by atoms with van der Waals surface area (Å²) < 4.78 is 1.48. The number of hydrogen-bond acceptors (Lipinski definition) is 10. The fourth-order valence-corrected chi connectivity index (χ4v) is 6.30. The summed E-state index contributed by atoms with van der Waals surface area (Å²) in [5.41, 5.74) is 5.54. The quantitative estimate of drug-likeness (QED) is 0.213. The molecule has 0 bridgehead atoms. The Hall–Kier alpha value is -4.92. The van der Waals surface area contributed by atoms with E-state index in [0.717, 1.165) is 32.1 Å². The van der Waals surface area contributed by atoms with Crippen molar-refractivity contribution in [1.82, 2.24) is 35.2 Å². The number of rotatable bonds is 10. The van der Waals surface area contributed by atoms with Crippen LogP contribution in [0.4, 0.5) is 0 Å². The first-order chi connectivity index (χ1) is 22.3. The number of ketones is 1. The summed E-state index contributed by atoms with van der Waals surface area (Å²) in [7, 11) is 0. The Morgan fingerprint density at radius 2 is 1.79 bits per heavy atom. The second-order valence-electron chi connectivity index (χ2n) is 12.8. The van der Waals surface area contributed by atoms with Crippen molar-refractivity contribution in [1.29, 1.82) is 0 Å². The SMILES string of the molecule is CC(NC(=O)[C@@H]1C[C@H](n2nncc2C(C)(C)O)CN1C(=O)/C(CC1CCCCC1)=N/C(=O)c1ccc2nccnc2c1)C(=O)C(N)=O. The number of hydrogen-bond donors (Lipinski definition) is 3. The number of nitrogens with two attached hydrogens (primary N) is 1. The number of carbonyl (C=O) groups is 5. The number of nitrogens with one attached hydrogen (secondary N) is 1. The van der Waals surface area contributed by atoms with Crippen LogP contribution in [0.1, 0.15) is 87.8 Å². The molecule has 1 unspecified atom stereocenters. The number of amides is 4. The van der Waals surface area contributed by atoms with Crippen molar-refractivity contribution < 1.29 is 29.1 Å². The third kappa shape index (κ3) is 7.56. The second-order valence-corrected chi connectivity index (χ2v) is 12.8.